The van der Waals surface area contributed by atoms with E-state index in [1.807, 2.05) is 20.8 Å². The van der Waals surface area contributed by atoms with Crippen molar-refractivity contribution in [2.45, 2.75) is 44.4 Å². The predicted molar refractivity (Wildman–Crippen MR) is 131 cm³/mol. The van der Waals surface area contributed by atoms with Crippen molar-refractivity contribution in [1.82, 2.24) is 14.9 Å². The van der Waals surface area contributed by atoms with E-state index in [2.05, 4.69) is 16.6 Å². The summed E-state index contributed by atoms with van der Waals surface area (Å²) >= 11 is 12.6. The van der Waals surface area contributed by atoms with Crippen molar-refractivity contribution in [3.63, 3.8) is 0 Å². The molecular formula is C22H33Cl2N3O4S. The van der Waals surface area contributed by atoms with E-state index in [0.29, 0.717) is 48.3 Å². The van der Waals surface area contributed by atoms with Gasteiger partial charge in [0.15, 0.2) is 0 Å². The lowest BCUT2D eigenvalue weighted by Crippen LogP contribution is -2.47. The highest BCUT2D eigenvalue weighted by molar-refractivity contribution is 7.84. The van der Waals surface area contributed by atoms with Gasteiger partial charge >= 0.3 is 6.03 Å². The number of halogens is 2. The predicted octanol–water partition coefficient (Wildman–Crippen LogP) is 4.07. The molecule has 0 spiro atoms. The highest BCUT2D eigenvalue weighted by Crippen LogP contribution is 2.40. The number of carbonyl (C=O) groups excluding carboxylic acids is 1. The van der Waals surface area contributed by atoms with Crippen molar-refractivity contribution in [3.05, 3.63) is 40.4 Å². The average molecular weight is 506 g/mol. The number of likely N-dealkylation sites (tertiary alicyclic amines) is 1. The molecule has 32 heavy (non-hydrogen) atoms. The summed E-state index contributed by atoms with van der Waals surface area (Å²) in [6.45, 7) is 10.9. The Morgan fingerprint density at radius 3 is 2.53 bits per heavy atom. The van der Waals surface area contributed by atoms with Crippen molar-refractivity contribution in [3.8, 4) is 5.75 Å². The van der Waals surface area contributed by atoms with Crippen LogP contribution in [-0.4, -0.2) is 57.8 Å². The summed E-state index contributed by atoms with van der Waals surface area (Å²) in [5.41, 5.74) is 0.780. The number of benzene rings is 1. The van der Waals surface area contributed by atoms with Crippen molar-refractivity contribution in [2.24, 2.45) is 5.92 Å². The fourth-order valence-electron chi connectivity index (χ4n) is 3.48. The first-order chi connectivity index (χ1) is 15.1. The molecule has 0 saturated carbocycles. The van der Waals surface area contributed by atoms with Crippen LogP contribution in [0.1, 0.15) is 45.2 Å². The number of ether oxygens (including phenoxy) is 1. The molecule has 10 heteroatoms. The Labute approximate surface area is 203 Å². The lowest BCUT2D eigenvalue weighted by molar-refractivity contribution is 0.158. The number of piperidine rings is 1. The lowest BCUT2D eigenvalue weighted by Gasteiger charge is -2.37. The molecule has 0 bridgehead atoms. The first kappa shape index (κ1) is 26.9. The molecule has 1 aliphatic heterocycles. The third kappa shape index (κ3) is 7.35. The molecule has 2 amide bonds. The van der Waals surface area contributed by atoms with E-state index in [1.54, 1.807) is 23.1 Å². The van der Waals surface area contributed by atoms with Crippen molar-refractivity contribution < 1.29 is 18.8 Å². The summed E-state index contributed by atoms with van der Waals surface area (Å²) < 4.78 is 21.7. The molecule has 1 saturated heterocycles. The minimum Gasteiger partial charge on any atom is -0.489 e. The number of nitrogens with zero attached hydrogens (tertiary/aromatic N) is 1. The zero-order valence-corrected chi connectivity index (χ0v) is 21.2. The fraction of sp³-hybridized carbons (Fsp3) is 0.591. The van der Waals surface area contributed by atoms with Gasteiger partial charge in [0.25, 0.3) is 0 Å². The van der Waals surface area contributed by atoms with Crippen LogP contribution in [-0.2, 0) is 11.0 Å². The summed E-state index contributed by atoms with van der Waals surface area (Å²) in [5, 5.41) is 12.4. The van der Waals surface area contributed by atoms with Gasteiger partial charge in [0.05, 0.1) is 38.4 Å². The second kappa shape index (κ2) is 12.2. The molecule has 7 nitrogen and oxygen atoms in total. The van der Waals surface area contributed by atoms with Crippen LogP contribution < -0.4 is 14.8 Å². The molecule has 1 aromatic rings. The number of nitrogens with one attached hydrogen (secondary N) is 2. The molecule has 180 valence electrons. The molecule has 1 fully saturated rings. The summed E-state index contributed by atoms with van der Waals surface area (Å²) in [6, 6.07) is 2.94. The van der Waals surface area contributed by atoms with Gasteiger partial charge < -0.3 is 20.1 Å². The normalized spacial score (nSPS) is 17.0. The highest BCUT2D eigenvalue weighted by Gasteiger charge is 2.34. The molecule has 2 rings (SSSR count). The Morgan fingerprint density at radius 1 is 1.34 bits per heavy atom. The Hall–Kier alpha value is -1.32. The number of aliphatic hydroxyl groups is 1. The molecule has 1 aliphatic rings. The maximum Gasteiger partial charge on any atom is 0.317 e. The van der Waals surface area contributed by atoms with E-state index in [4.69, 9.17) is 33.0 Å². The molecule has 0 unspecified atom stereocenters. The van der Waals surface area contributed by atoms with Gasteiger partial charge in [0, 0.05) is 31.3 Å². The summed E-state index contributed by atoms with van der Waals surface area (Å²) in [4.78, 5) is 14.0. The van der Waals surface area contributed by atoms with Crippen LogP contribution in [0.3, 0.4) is 0 Å². The molecule has 0 aliphatic carbocycles. The van der Waals surface area contributed by atoms with E-state index in [-0.39, 0.29) is 31.1 Å². The average Bonchev–Trinajstić information content (AvgIpc) is 2.75. The standard InChI is InChI=1S/C22H33Cl2N3O4S/c1-5-12-31-19-14-18(24)17(23)13-16(19)20(26-32(30)22(2,3)4)15-6-9-27(10-7-15)21(29)25-8-11-28/h5,13-15,20,26,28H,1,6-12H2,2-4H3,(H,25,29)/t20-,32+/m1/s1. The summed E-state index contributed by atoms with van der Waals surface area (Å²) in [5.74, 6) is 0.650. The van der Waals surface area contributed by atoms with Crippen molar-refractivity contribution >= 4 is 40.2 Å². The lowest BCUT2D eigenvalue weighted by atomic mass is 9.85. The minimum atomic E-state index is -1.34. The van der Waals surface area contributed by atoms with Gasteiger partial charge in [-0.25, -0.2) is 13.7 Å². The van der Waals surface area contributed by atoms with Gasteiger partial charge in [-0.2, -0.15) is 0 Å². The Morgan fingerprint density at radius 2 is 1.97 bits per heavy atom. The molecule has 0 aromatic heterocycles. The molecule has 1 heterocycles. The van der Waals surface area contributed by atoms with Gasteiger partial charge in [-0.1, -0.05) is 35.9 Å². The monoisotopic (exact) mass is 505 g/mol. The molecule has 1 aromatic carbocycles. The first-order valence-corrected chi connectivity index (χ1v) is 12.5. The van der Waals surface area contributed by atoms with E-state index >= 15 is 0 Å². The maximum absolute atomic E-state index is 13.0. The number of urea groups is 1. The molecule has 3 N–H and O–H groups in total. The zero-order valence-electron chi connectivity index (χ0n) is 18.8. The molecular weight excluding hydrogens is 473 g/mol. The number of hydrogen-bond donors (Lipinski definition) is 3. The second-order valence-corrected chi connectivity index (χ2v) is 11.5. The summed E-state index contributed by atoms with van der Waals surface area (Å²) in [6.07, 6.45) is 3.05. The number of rotatable bonds is 9. The highest BCUT2D eigenvalue weighted by atomic mass is 35.5. The van der Waals surface area contributed by atoms with Crippen LogP contribution in [0.15, 0.2) is 24.8 Å². The van der Waals surface area contributed by atoms with E-state index < -0.39 is 15.7 Å². The van der Waals surface area contributed by atoms with Crippen LogP contribution in [0.5, 0.6) is 5.75 Å². The SMILES string of the molecule is C=CCOc1cc(Cl)c(Cl)cc1[C@H](N[S@@](=O)C(C)(C)C)C1CCN(C(=O)NCCO)CC1. The molecule has 0 radical (unpaired) electrons. The van der Waals surface area contributed by atoms with E-state index in [1.165, 1.54) is 0 Å². The Balaban J connectivity index is 2.32. The largest absolute Gasteiger partial charge is 0.489 e. The molecule has 2 atom stereocenters. The summed E-state index contributed by atoms with van der Waals surface area (Å²) in [7, 11) is -1.34. The smallest absolute Gasteiger partial charge is 0.317 e. The van der Waals surface area contributed by atoms with Crippen LogP contribution in [0.25, 0.3) is 0 Å². The maximum atomic E-state index is 13.0. The Kier molecular flexibility index (Phi) is 10.3. The minimum absolute atomic E-state index is 0.0894. The topological polar surface area (TPSA) is 90.9 Å². The number of carbonyl (C=O) groups is 1. The number of hydrogen-bond acceptors (Lipinski definition) is 4. The van der Waals surface area contributed by atoms with Crippen molar-refractivity contribution in [1.29, 1.82) is 0 Å². The van der Waals surface area contributed by atoms with Crippen LogP contribution >= 0.6 is 23.2 Å². The zero-order chi connectivity index (χ0) is 23.9. The van der Waals surface area contributed by atoms with Gasteiger partial charge in [-0.15, -0.1) is 0 Å². The van der Waals surface area contributed by atoms with Crippen LogP contribution in [0.4, 0.5) is 4.79 Å². The van der Waals surface area contributed by atoms with Crippen LogP contribution in [0, 0.1) is 5.92 Å². The first-order valence-electron chi connectivity index (χ1n) is 10.6. The number of aliphatic hydroxyl groups excluding tert-OH is 1. The van der Waals surface area contributed by atoms with E-state index in [9.17, 15) is 9.00 Å². The Bertz CT molecular complexity index is 824. The second-order valence-electron chi connectivity index (χ2n) is 8.66. The van der Waals surface area contributed by atoms with Gasteiger partial charge in [0.1, 0.15) is 12.4 Å². The van der Waals surface area contributed by atoms with Gasteiger partial charge in [0.2, 0.25) is 0 Å². The third-order valence-electron chi connectivity index (χ3n) is 5.22. The quantitative estimate of drug-likeness (QED) is 0.441. The van der Waals surface area contributed by atoms with E-state index in [0.717, 1.165) is 5.56 Å². The van der Waals surface area contributed by atoms with Gasteiger partial charge in [-0.3, -0.25) is 0 Å². The third-order valence-corrected chi connectivity index (χ3v) is 7.52. The van der Waals surface area contributed by atoms with Gasteiger partial charge in [-0.05, 0) is 45.6 Å². The number of amides is 2. The van der Waals surface area contributed by atoms with Crippen molar-refractivity contribution in [2.75, 3.05) is 32.8 Å². The van der Waals surface area contributed by atoms with Crippen LogP contribution in [0.2, 0.25) is 10.0 Å². The fourth-order valence-corrected chi connectivity index (χ4v) is 4.71.